The van der Waals surface area contributed by atoms with Crippen molar-refractivity contribution < 1.29 is 9.72 Å². The first kappa shape index (κ1) is 24.6. The van der Waals surface area contributed by atoms with Crippen LogP contribution in [0.4, 0.5) is 11.5 Å². The van der Waals surface area contributed by atoms with Crippen molar-refractivity contribution in [3.8, 4) is 16.8 Å². The summed E-state index contributed by atoms with van der Waals surface area (Å²) in [5, 5.41) is 12.5. The average Bonchev–Trinajstić information content (AvgIpc) is 3.37. The van der Waals surface area contributed by atoms with Crippen molar-refractivity contribution in [2.24, 2.45) is 0 Å². The SMILES string of the molecule is O=C(c1ccc([N+](=O)[O-])cc1)N1CCN(c2ncnc3c2c(-c2ccccc2)cn3-c2cccc(Cl)c2)CC1. The number of carbonyl (C=O) groups is 1. The Hall–Kier alpha value is -4.76. The molecule has 1 aliphatic heterocycles. The van der Waals surface area contributed by atoms with Gasteiger partial charge in [-0.1, -0.05) is 48.0 Å². The van der Waals surface area contributed by atoms with Gasteiger partial charge < -0.3 is 14.4 Å². The summed E-state index contributed by atoms with van der Waals surface area (Å²) in [4.78, 5) is 36.8. The third-order valence-corrected chi connectivity index (χ3v) is 7.16. The van der Waals surface area contributed by atoms with Crippen LogP contribution in [0.3, 0.4) is 0 Å². The minimum Gasteiger partial charge on any atom is -0.352 e. The number of benzene rings is 3. The number of nitro groups is 1. The van der Waals surface area contributed by atoms with Gasteiger partial charge in [0.05, 0.1) is 10.3 Å². The van der Waals surface area contributed by atoms with Gasteiger partial charge >= 0.3 is 0 Å². The zero-order valence-electron chi connectivity index (χ0n) is 20.8. The number of nitrogens with zero attached hydrogens (tertiary/aromatic N) is 6. The number of fused-ring (bicyclic) bond motifs is 1. The van der Waals surface area contributed by atoms with Crippen molar-refractivity contribution in [1.29, 1.82) is 0 Å². The molecule has 0 unspecified atom stereocenters. The summed E-state index contributed by atoms with van der Waals surface area (Å²) >= 11 is 6.31. The van der Waals surface area contributed by atoms with Crippen molar-refractivity contribution in [3.05, 3.63) is 112 Å². The molecule has 0 N–H and O–H groups in total. The first-order valence-electron chi connectivity index (χ1n) is 12.5. The van der Waals surface area contributed by atoms with Gasteiger partial charge in [0.15, 0.2) is 5.65 Å². The Kier molecular flexibility index (Phi) is 6.42. The van der Waals surface area contributed by atoms with Crippen LogP contribution in [-0.2, 0) is 0 Å². The maximum Gasteiger partial charge on any atom is 0.269 e. The Balaban J connectivity index is 1.33. The van der Waals surface area contributed by atoms with E-state index in [0.29, 0.717) is 36.8 Å². The lowest BCUT2D eigenvalue weighted by Gasteiger charge is -2.35. The number of hydrogen-bond donors (Lipinski definition) is 0. The minimum atomic E-state index is -0.473. The van der Waals surface area contributed by atoms with Gasteiger partial charge in [-0.2, -0.15) is 0 Å². The van der Waals surface area contributed by atoms with Crippen LogP contribution >= 0.6 is 11.6 Å². The van der Waals surface area contributed by atoms with Crippen LogP contribution in [0.15, 0.2) is 91.4 Å². The molecule has 0 bridgehead atoms. The quantitative estimate of drug-likeness (QED) is 0.213. The van der Waals surface area contributed by atoms with E-state index in [1.807, 2.05) is 47.0 Å². The zero-order chi connectivity index (χ0) is 26.9. The molecule has 0 radical (unpaired) electrons. The van der Waals surface area contributed by atoms with Crippen LogP contribution in [-0.4, -0.2) is 56.4 Å². The molecule has 10 heteroatoms. The smallest absolute Gasteiger partial charge is 0.269 e. The normalized spacial score (nSPS) is 13.6. The molecule has 1 fully saturated rings. The second-order valence-corrected chi connectivity index (χ2v) is 9.67. The van der Waals surface area contributed by atoms with E-state index in [1.165, 1.54) is 24.3 Å². The average molecular weight is 539 g/mol. The molecule has 1 amide bonds. The Morgan fingerprint density at radius 3 is 2.33 bits per heavy atom. The number of rotatable bonds is 5. The highest BCUT2D eigenvalue weighted by atomic mass is 35.5. The van der Waals surface area contributed by atoms with Gasteiger partial charge in [-0.05, 0) is 35.9 Å². The van der Waals surface area contributed by atoms with E-state index in [4.69, 9.17) is 16.6 Å². The Morgan fingerprint density at radius 2 is 1.64 bits per heavy atom. The van der Waals surface area contributed by atoms with Crippen LogP contribution in [0.5, 0.6) is 0 Å². The number of nitro benzene ring substituents is 1. The maximum atomic E-state index is 13.1. The molecule has 0 atom stereocenters. The molecule has 6 rings (SSSR count). The van der Waals surface area contributed by atoms with E-state index in [0.717, 1.165) is 33.7 Å². The number of piperazine rings is 1. The van der Waals surface area contributed by atoms with Crippen LogP contribution in [0.2, 0.25) is 5.02 Å². The topological polar surface area (TPSA) is 97.4 Å². The van der Waals surface area contributed by atoms with Crippen LogP contribution in [0, 0.1) is 10.1 Å². The molecular weight excluding hydrogens is 516 g/mol. The predicted molar refractivity (Wildman–Crippen MR) is 151 cm³/mol. The number of aromatic nitrogens is 3. The van der Waals surface area contributed by atoms with Crippen molar-refractivity contribution in [3.63, 3.8) is 0 Å². The van der Waals surface area contributed by atoms with Gasteiger partial charge in [0.25, 0.3) is 11.6 Å². The van der Waals surface area contributed by atoms with E-state index < -0.39 is 4.92 Å². The number of anilines is 1. The molecule has 5 aromatic rings. The molecule has 194 valence electrons. The van der Waals surface area contributed by atoms with Gasteiger partial charge in [-0.25, -0.2) is 9.97 Å². The van der Waals surface area contributed by atoms with Crippen molar-refractivity contribution in [2.75, 3.05) is 31.1 Å². The molecular formula is C29H23ClN6O3. The molecule has 39 heavy (non-hydrogen) atoms. The maximum absolute atomic E-state index is 13.1. The van der Waals surface area contributed by atoms with E-state index in [1.54, 1.807) is 11.2 Å². The van der Waals surface area contributed by atoms with Gasteiger partial charge in [0.2, 0.25) is 0 Å². The first-order valence-corrected chi connectivity index (χ1v) is 12.8. The third kappa shape index (κ3) is 4.68. The second-order valence-electron chi connectivity index (χ2n) is 9.24. The highest BCUT2D eigenvalue weighted by Gasteiger charge is 2.26. The van der Waals surface area contributed by atoms with Crippen LogP contribution < -0.4 is 4.90 Å². The van der Waals surface area contributed by atoms with Gasteiger partial charge in [-0.15, -0.1) is 0 Å². The molecule has 2 aromatic heterocycles. The number of hydrogen-bond acceptors (Lipinski definition) is 6. The van der Waals surface area contributed by atoms with Crippen LogP contribution in [0.1, 0.15) is 10.4 Å². The summed E-state index contributed by atoms with van der Waals surface area (Å²) < 4.78 is 2.03. The van der Waals surface area contributed by atoms with E-state index in [2.05, 4.69) is 28.2 Å². The summed E-state index contributed by atoms with van der Waals surface area (Å²) in [5.74, 6) is 0.663. The molecule has 3 heterocycles. The summed E-state index contributed by atoms with van der Waals surface area (Å²) in [6.07, 6.45) is 3.64. The lowest BCUT2D eigenvalue weighted by molar-refractivity contribution is -0.384. The minimum absolute atomic E-state index is 0.0388. The van der Waals surface area contributed by atoms with Gasteiger partial charge in [0.1, 0.15) is 12.1 Å². The van der Waals surface area contributed by atoms with E-state index >= 15 is 0 Å². The molecule has 1 aliphatic rings. The summed E-state index contributed by atoms with van der Waals surface area (Å²) in [6.45, 7) is 2.16. The molecule has 3 aromatic carbocycles. The van der Waals surface area contributed by atoms with E-state index in [-0.39, 0.29) is 11.6 Å². The monoisotopic (exact) mass is 538 g/mol. The molecule has 9 nitrogen and oxygen atoms in total. The Bertz CT molecular complexity index is 1680. The Labute approximate surface area is 229 Å². The predicted octanol–water partition coefficient (Wildman–Crippen LogP) is 5.61. The van der Waals surface area contributed by atoms with E-state index in [9.17, 15) is 14.9 Å². The first-order chi connectivity index (χ1) is 19.0. The molecule has 0 spiro atoms. The third-order valence-electron chi connectivity index (χ3n) is 6.93. The Morgan fingerprint density at radius 1 is 0.897 bits per heavy atom. The summed E-state index contributed by atoms with van der Waals surface area (Å²) in [5.41, 5.74) is 4.12. The summed E-state index contributed by atoms with van der Waals surface area (Å²) in [6, 6.07) is 23.5. The number of amides is 1. The van der Waals surface area contributed by atoms with Gasteiger partial charge in [-0.3, -0.25) is 14.9 Å². The molecule has 0 saturated carbocycles. The zero-order valence-corrected chi connectivity index (χ0v) is 21.5. The fourth-order valence-corrected chi connectivity index (χ4v) is 5.16. The van der Waals surface area contributed by atoms with Crippen molar-refractivity contribution in [2.45, 2.75) is 0 Å². The number of non-ortho nitro benzene ring substituents is 1. The standard InChI is InChI=1S/C29H23ClN6O3/c30-22-7-4-8-24(17-22)35-18-25(20-5-2-1-3-6-20)26-27(31-19-32-28(26)35)33-13-15-34(16-14-33)29(37)21-9-11-23(12-10-21)36(38)39/h1-12,17-19H,13-16H2. The largest absolute Gasteiger partial charge is 0.352 e. The highest BCUT2D eigenvalue weighted by Crippen LogP contribution is 2.37. The number of carbonyl (C=O) groups excluding carboxylic acids is 1. The highest BCUT2D eigenvalue weighted by molar-refractivity contribution is 6.30. The van der Waals surface area contributed by atoms with Crippen molar-refractivity contribution >= 4 is 40.0 Å². The van der Waals surface area contributed by atoms with Crippen LogP contribution in [0.25, 0.3) is 27.8 Å². The summed E-state index contributed by atoms with van der Waals surface area (Å²) in [7, 11) is 0. The van der Waals surface area contributed by atoms with Gasteiger partial charge in [0, 0.05) is 66.3 Å². The fourth-order valence-electron chi connectivity index (χ4n) is 4.97. The fraction of sp³-hybridized carbons (Fsp3) is 0.138. The lowest BCUT2D eigenvalue weighted by Crippen LogP contribution is -2.49. The lowest BCUT2D eigenvalue weighted by atomic mass is 10.1. The molecule has 0 aliphatic carbocycles. The van der Waals surface area contributed by atoms with Crippen molar-refractivity contribution in [1.82, 2.24) is 19.4 Å². The number of halogens is 1. The second kappa shape index (κ2) is 10.2. The molecule has 1 saturated heterocycles.